The molecule has 3 aromatic rings. The fourth-order valence-corrected chi connectivity index (χ4v) is 2.65. The highest BCUT2D eigenvalue weighted by Gasteiger charge is 2.17. The van der Waals surface area contributed by atoms with Gasteiger partial charge in [0.15, 0.2) is 0 Å². The number of nitrogens with zero attached hydrogens (tertiary/aromatic N) is 3. The van der Waals surface area contributed by atoms with Gasteiger partial charge >= 0.3 is 5.97 Å². The predicted octanol–water partition coefficient (Wildman–Crippen LogP) is 4.88. The molecule has 0 atom stereocenters. The van der Waals surface area contributed by atoms with Crippen LogP contribution in [-0.4, -0.2) is 21.1 Å². The van der Waals surface area contributed by atoms with Crippen LogP contribution < -0.4 is 0 Å². The van der Waals surface area contributed by atoms with Crippen molar-refractivity contribution in [1.82, 2.24) is 0 Å². The summed E-state index contributed by atoms with van der Waals surface area (Å²) in [5.74, 6) is -1.47. The van der Waals surface area contributed by atoms with Crippen molar-refractivity contribution in [2.24, 2.45) is 10.2 Å². The number of aryl methyl sites for hydroxylation is 1. The SMILES string of the molecule is Cc1cc(N=Nc2cc([N+](=O)[O-])ccc2O)c(C(=O)O)c2ccccc12. The molecular formula is C18H13N3O5. The molecule has 0 aliphatic carbocycles. The van der Waals surface area contributed by atoms with Gasteiger partial charge in [-0.3, -0.25) is 10.1 Å². The van der Waals surface area contributed by atoms with E-state index in [0.717, 1.165) is 29.1 Å². The molecule has 26 heavy (non-hydrogen) atoms. The number of aromatic hydroxyl groups is 1. The number of carboxylic acid groups (broad SMARTS) is 1. The number of nitro groups is 1. The zero-order chi connectivity index (χ0) is 18.8. The molecule has 8 nitrogen and oxygen atoms in total. The van der Waals surface area contributed by atoms with Crippen molar-refractivity contribution in [3.05, 3.63) is 69.8 Å². The Bertz CT molecular complexity index is 1080. The molecule has 3 aromatic carbocycles. The van der Waals surface area contributed by atoms with Gasteiger partial charge in [-0.15, -0.1) is 10.2 Å². The maximum Gasteiger partial charge on any atom is 0.338 e. The van der Waals surface area contributed by atoms with Gasteiger partial charge in [0.05, 0.1) is 10.5 Å². The van der Waals surface area contributed by atoms with Crippen LogP contribution in [0.1, 0.15) is 15.9 Å². The summed E-state index contributed by atoms with van der Waals surface area (Å²) in [7, 11) is 0. The monoisotopic (exact) mass is 351 g/mol. The van der Waals surface area contributed by atoms with Gasteiger partial charge in [-0.1, -0.05) is 24.3 Å². The van der Waals surface area contributed by atoms with Crippen molar-refractivity contribution in [2.45, 2.75) is 6.92 Å². The molecule has 0 saturated carbocycles. The Hall–Kier alpha value is -3.81. The number of non-ortho nitro benzene ring substituents is 1. The zero-order valence-electron chi connectivity index (χ0n) is 13.6. The second kappa shape index (κ2) is 6.60. The standard InChI is InChI=1S/C18H13N3O5/c1-10-8-15(17(18(23)24)13-5-3-2-4-12(10)13)20-19-14-9-11(21(25)26)6-7-16(14)22/h2-9,22H,1H3,(H,23,24). The van der Waals surface area contributed by atoms with E-state index in [2.05, 4.69) is 10.2 Å². The topological polar surface area (TPSA) is 125 Å². The van der Waals surface area contributed by atoms with Crippen molar-refractivity contribution >= 4 is 33.8 Å². The molecule has 8 heteroatoms. The first-order valence-corrected chi connectivity index (χ1v) is 7.53. The number of nitro benzene ring substituents is 1. The molecule has 3 rings (SSSR count). The second-order valence-electron chi connectivity index (χ2n) is 5.57. The lowest BCUT2D eigenvalue weighted by Crippen LogP contribution is -1.99. The van der Waals surface area contributed by atoms with Crippen LogP contribution in [0.2, 0.25) is 0 Å². The van der Waals surface area contributed by atoms with E-state index in [9.17, 15) is 25.1 Å². The van der Waals surface area contributed by atoms with Crippen LogP contribution in [-0.2, 0) is 0 Å². The average molecular weight is 351 g/mol. The van der Waals surface area contributed by atoms with Crippen LogP contribution in [0.3, 0.4) is 0 Å². The molecule has 0 bridgehead atoms. The van der Waals surface area contributed by atoms with Crippen LogP contribution in [0.4, 0.5) is 17.1 Å². The summed E-state index contributed by atoms with van der Waals surface area (Å²) in [5, 5.41) is 39.3. The van der Waals surface area contributed by atoms with E-state index in [1.807, 2.05) is 19.1 Å². The van der Waals surface area contributed by atoms with Crippen molar-refractivity contribution in [3.63, 3.8) is 0 Å². The summed E-state index contributed by atoms with van der Waals surface area (Å²) in [6.45, 7) is 1.82. The fourth-order valence-electron chi connectivity index (χ4n) is 2.65. The molecule has 0 amide bonds. The van der Waals surface area contributed by atoms with Gasteiger partial charge in [-0.2, -0.15) is 0 Å². The highest BCUT2D eigenvalue weighted by molar-refractivity contribution is 6.09. The number of phenolic OH excluding ortho intramolecular Hbond substituents is 1. The normalized spacial score (nSPS) is 11.1. The number of phenols is 1. The maximum absolute atomic E-state index is 11.7. The van der Waals surface area contributed by atoms with Crippen LogP contribution in [0.15, 0.2) is 58.8 Å². The molecule has 0 saturated heterocycles. The quantitative estimate of drug-likeness (QED) is 0.394. The van der Waals surface area contributed by atoms with Gasteiger partial charge in [0.25, 0.3) is 5.69 Å². The largest absolute Gasteiger partial charge is 0.506 e. The number of hydrogen-bond acceptors (Lipinski definition) is 6. The Morgan fingerprint density at radius 1 is 1.04 bits per heavy atom. The first-order chi connectivity index (χ1) is 12.4. The van der Waals surface area contributed by atoms with Crippen LogP contribution in [0.5, 0.6) is 5.75 Å². The lowest BCUT2D eigenvalue weighted by molar-refractivity contribution is -0.384. The molecule has 0 aromatic heterocycles. The lowest BCUT2D eigenvalue weighted by atomic mass is 9.98. The van der Waals surface area contributed by atoms with Gasteiger partial charge in [0, 0.05) is 12.1 Å². The van der Waals surface area contributed by atoms with E-state index in [1.165, 1.54) is 0 Å². The Balaban J connectivity index is 2.16. The first kappa shape index (κ1) is 17.0. The van der Waals surface area contributed by atoms with Crippen LogP contribution in [0.25, 0.3) is 10.8 Å². The highest BCUT2D eigenvalue weighted by atomic mass is 16.6. The Morgan fingerprint density at radius 3 is 2.35 bits per heavy atom. The van der Waals surface area contributed by atoms with Crippen molar-refractivity contribution in [3.8, 4) is 5.75 Å². The minimum Gasteiger partial charge on any atom is -0.506 e. The van der Waals surface area contributed by atoms with Gasteiger partial charge in [0.2, 0.25) is 0 Å². The molecule has 0 fully saturated rings. The number of benzene rings is 3. The maximum atomic E-state index is 11.7. The van der Waals surface area contributed by atoms with Gasteiger partial charge < -0.3 is 10.2 Å². The number of azo groups is 1. The third-order valence-electron chi connectivity index (χ3n) is 3.88. The van der Waals surface area contributed by atoms with Crippen LogP contribution in [0, 0.1) is 17.0 Å². The minimum atomic E-state index is -1.17. The molecule has 130 valence electrons. The third kappa shape index (κ3) is 3.07. The highest BCUT2D eigenvalue weighted by Crippen LogP contribution is 2.35. The van der Waals surface area contributed by atoms with E-state index >= 15 is 0 Å². The summed E-state index contributed by atoms with van der Waals surface area (Å²) < 4.78 is 0. The fraction of sp³-hybridized carbons (Fsp3) is 0.0556. The number of carboxylic acids is 1. The molecule has 2 N–H and O–H groups in total. The Labute approximate surface area is 147 Å². The molecular weight excluding hydrogens is 338 g/mol. The summed E-state index contributed by atoms with van der Waals surface area (Å²) in [5.41, 5.74) is 0.494. The predicted molar refractivity (Wildman–Crippen MR) is 94.6 cm³/mol. The van der Waals surface area contributed by atoms with E-state index < -0.39 is 10.9 Å². The lowest BCUT2D eigenvalue weighted by Gasteiger charge is -2.08. The summed E-state index contributed by atoms with van der Waals surface area (Å²) in [6, 6.07) is 11.9. The van der Waals surface area contributed by atoms with E-state index in [4.69, 9.17) is 0 Å². The number of fused-ring (bicyclic) bond motifs is 1. The number of hydrogen-bond donors (Lipinski definition) is 2. The average Bonchev–Trinajstić information content (AvgIpc) is 2.60. The summed E-state index contributed by atoms with van der Waals surface area (Å²) in [4.78, 5) is 22.0. The number of aromatic carboxylic acids is 1. The first-order valence-electron chi connectivity index (χ1n) is 7.53. The van der Waals surface area contributed by atoms with Crippen molar-refractivity contribution in [1.29, 1.82) is 0 Å². The minimum absolute atomic E-state index is 0.0279. The molecule has 0 aliphatic heterocycles. The van der Waals surface area contributed by atoms with Gasteiger partial charge in [-0.25, -0.2) is 4.79 Å². The Kier molecular flexibility index (Phi) is 4.32. The third-order valence-corrected chi connectivity index (χ3v) is 3.88. The molecule has 0 unspecified atom stereocenters. The summed E-state index contributed by atoms with van der Waals surface area (Å²) in [6.07, 6.45) is 0. The zero-order valence-corrected chi connectivity index (χ0v) is 13.6. The number of rotatable bonds is 4. The van der Waals surface area contributed by atoms with Gasteiger partial charge in [-0.05, 0) is 35.4 Å². The molecule has 0 aliphatic rings. The second-order valence-corrected chi connectivity index (χ2v) is 5.57. The van der Waals surface area contributed by atoms with E-state index in [-0.39, 0.29) is 28.4 Å². The van der Waals surface area contributed by atoms with E-state index in [0.29, 0.717) is 5.39 Å². The number of carbonyl (C=O) groups is 1. The Morgan fingerprint density at radius 2 is 1.69 bits per heavy atom. The van der Waals surface area contributed by atoms with Gasteiger partial charge in [0.1, 0.15) is 17.1 Å². The molecule has 0 heterocycles. The van der Waals surface area contributed by atoms with Crippen molar-refractivity contribution < 1.29 is 19.9 Å². The summed E-state index contributed by atoms with van der Waals surface area (Å²) >= 11 is 0. The van der Waals surface area contributed by atoms with Crippen molar-refractivity contribution in [2.75, 3.05) is 0 Å². The van der Waals surface area contributed by atoms with E-state index in [1.54, 1.807) is 18.2 Å². The molecule has 0 radical (unpaired) electrons. The van der Waals surface area contributed by atoms with Crippen LogP contribution >= 0.6 is 0 Å². The molecule has 0 spiro atoms. The smallest absolute Gasteiger partial charge is 0.338 e.